The van der Waals surface area contributed by atoms with Gasteiger partial charge in [0, 0.05) is 28.8 Å². The Morgan fingerprint density at radius 3 is 2.77 bits per heavy atom. The summed E-state index contributed by atoms with van der Waals surface area (Å²) in [5, 5.41) is 9.93. The predicted molar refractivity (Wildman–Crippen MR) is 122 cm³/mol. The Bertz CT molecular complexity index is 1280. The topological polar surface area (TPSA) is 85.6 Å². The summed E-state index contributed by atoms with van der Waals surface area (Å²) in [5.74, 6) is 0.102. The molecule has 7 nitrogen and oxygen atoms in total. The van der Waals surface area contributed by atoms with Crippen LogP contribution in [0.2, 0.25) is 10.0 Å². The monoisotopic (exact) mass is 474 g/mol. The van der Waals surface area contributed by atoms with Gasteiger partial charge in [0.2, 0.25) is 16.8 Å². The largest absolute Gasteiger partial charge is 0.496 e. The first-order chi connectivity index (χ1) is 15.0. The molecule has 10 heteroatoms. The van der Waals surface area contributed by atoms with Crippen LogP contribution in [0.4, 0.5) is 5.95 Å². The second-order valence-electron chi connectivity index (χ2n) is 6.55. The van der Waals surface area contributed by atoms with Crippen LogP contribution in [-0.2, 0) is 4.79 Å². The molecule has 0 saturated heterocycles. The van der Waals surface area contributed by atoms with Gasteiger partial charge in [-0.1, -0.05) is 35.3 Å². The number of nitrogens with zero attached hydrogens (tertiary/aromatic N) is 3. The SMILES string of the molecule is COc1ccccc1C(=O)CCC(=O)Nc1nc2scc(-c3cc(Cl)ccc3Cl)n2n1. The van der Waals surface area contributed by atoms with Gasteiger partial charge in [0.1, 0.15) is 5.75 Å². The Labute approximate surface area is 191 Å². The molecule has 0 aliphatic heterocycles. The van der Waals surface area contributed by atoms with Crippen molar-refractivity contribution in [3.63, 3.8) is 0 Å². The quantitative estimate of drug-likeness (QED) is 0.363. The number of thiazole rings is 1. The summed E-state index contributed by atoms with van der Waals surface area (Å²) in [5.41, 5.74) is 1.87. The maximum Gasteiger partial charge on any atom is 0.250 e. The molecule has 0 atom stereocenters. The molecular formula is C21H16Cl2N4O3S. The molecule has 158 valence electrons. The predicted octanol–water partition coefficient (Wildman–Crippen LogP) is 5.37. The third-order valence-electron chi connectivity index (χ3n) is 4.52. The molecule has 0 fully saturated rings. The van der Waals surface area contributed by atoms with Gasteiger partial charge in [-0.25, -0.2) is 4.52 Å². The number of anilines is 1. The molecule has 0 saturated carbocycles. The molecule has 2 aromatic carbocycles. The van der Waals surface area contributed by atoms with Crippen molar-refractivity contribution in [2.75, 3.05) is 12.4 Å². The number of amides is 1. The number of ketones is 1. The highest BCUT2D eigenvalue weighted by Gasteiger charge is 2.17. The van der Waals surface area contributed by atoms with E-state index in [0.29, 0.717) is 37.6 Å². The van der Waals surface area contributed by atoms with Gasteiger partial charge in [0.05, 0.1) is 23.4 Å². The maximum absolute atomic E-state index is 12.4. The van der Waals surface area contributed by atoms with Crippen LogP contribution in [0, 0.1) is 0 Å². The first-order valence-electron chi connectivity index (χ1n) is 9.22. The highest BCUT2D eigenvalue weighted by atomic mass is 35.5. The normalized spacial score (nSPS) is 10.9. The highest BCUT2D eigenvalue weighted by molar-refractivity contribution is 7.15. The second kappa shape index (κ2) is 9.05. The lowest BCUT2D eigenvalue weighted by Crippen LogP contribution is -2.15. The molecule has 0 radical (unpaired) electrons. The number of fused-ring (bicyclic) bond motifs is 1. The molecule has 4 rings (SSSR count). The molecule has 1 N–H and O–H groups in total. The zero-order valence-electron chi connectivity index (χ0n) is 16.3. The van der Waals surface area contributed by atoms with Crippen molar-refractivity contribution in [1.29, 1.82) is 0 Å². The van der Waals surface area contributed by atoms with Crippen LogP contribution in [0.25, 0.3) is 16.2 Å². The summed E-state index contributed by atoms with van der Waals surface area (Å²) < 4.78 is 6.79. The summed E-state index contributed by atoms with van der Waals surface area (Å²) in [4.78, 5) is 29.7. The number of carbonyl (C=O) groups is 2. The molecule has 0 aliphatic rings. The number of Topliss-reactive ketones (excluding diaryl/α,β-unsaturated/α-hetero) is 1. The van der Waals surface area contributed by atoms with Crippen molar-refractivity contribution in [3.05, 3.63) is 63.5 Å². The lowest BCUT2D eigenvalue weighted by molar-refractivity contribution is -0.116. The summed E-state index contributed by atoms with van der Waals surface area (Å²) >= 11 is 13.7. The van der Waals surface area contributed by atoms with Crippen LogP contribution in [0.15, 0.2) is 47.8 Å². The third kappa shape index (κ3) is 4.56. The lowest BCUT2D eigenvalue weighted by atomic mass is 10.1. The standard InChI is InChI=1S/C21H16Cl2N4O3S/c1-30-18-5-3-2-4-13(18)17(28)8-9-19(29)24-20-25-21-27(26-20)16(11-31-21)14-10-12(22)6-7-15(14)23/h2-7,10-11H,8-9H2,1H3,(H,24,26,29). The number of hydrogen-bond acceptors (Lipinski definition) is 6. The Hall–Kier alpha value is -2.94. The van der Waals surface area contributed by atoms with Crippen molar-refractivity contribution in [2.24, 2.45) is 0 Å². The number of carbonyl (C=O) groups excluding carboxylic acids is 2. The Morgan fingerprint density at radius 2 is 1.97 bits per heavy atom. The first-order valence-corrected chi connectivity index (χ1v) is 10.9. The van der Waals surface area contributed by atoms with E-state index in [1.54, 1.807) is 47.0 Å². The molecule has 2 aromatic heterocycles. The zero-order chi connectivity index (χ0) is 22.0. The Kier molecular flexibility index (Phi) is 6.22. The number of methoxy groups -OCH3 is 1. The van der Waals surface area contributed by atoms with E-state index in [0.717, 1.165) is 0 Å². The second-order valence-corrected chi connectivity index (χ2v) is 8.23. The molecule has 4 aromatic rings. The van der Waals surface area contributed by atoms with Gasteiger partial charge in [-0.3, -0.25) is 14.9 Å². The number of halogens is 2. The van der Waals surface area contributed by atoms with Gasteiger partial charge < -0.3 is 4.74 Å². The number of nitrogens with one attached hydrogen (secondary N) is 1. The van der Waals surface area contributed by atoms with Crippen LogP contribution >= 0.6 is 34.5 Å². The lowest BCUT2D eigenvalue weighted by Gasteiger charge is -2.06. The van der Waals surface area contributed by atoms with Crippen molar-refractivity contribution in [3.8, 4) is 17.0 Å². The number of benzene rings is 2. The minimum atomic E-state index is -0.358. The van der Waals surface area contributed by atoms with Crippen molar-refractivity contribution in [2.45, 2.75) is 12.8 Å². The molecule has 0 unspecified atom stereocenters. The van der Waals surface area contributed by atoms with E-state index in [1.807, 2.05) is 5.38 Å². The molecular weight excluding hydrogens is 459 g/mol. The summed E-state index contributed by atoms with van der Waals surface area (Å²) in [7, 11) is 1.50. The Balaban J connectivity index is 1.45. The maximum atomic E-state index is 12.4. The number of hydrogen-bond donors (Lipinski definition) is 1. The van der Waals surface area contributed by atoms with Gasteiger partial charge in [-0.05, 0) is 30.3 Å². The van der Waals surface area contributed by atoms with Crippen molar-refractivity contribution >= 4 is 57.1 Å². The van der Waals surface area contributed by atoms with Gasteiger partial charge in [-0.15, -0.1) is 16.4 Å². The van der Waals surface area contributed by atoms with E-state index >= 15 is 0 Å². The zero-order valence-corrected chi connectivity index (χ0v) is 18.6. The number of aromatic nitrogens is 3. The fourth-order valence-corrected chi connectivity index (χ4v) is 4.25. The van der Waals surface area contributed by atoms with E-state index in [2.05, 4.69) is 15.4 Å². The number of rotatable bonds is 7. The molecule has 2 heterocycles. The van der Waals surface area contributed by atoms with Gasteiger partial charge in [0.15, 0.2) is 5.78 Å². The van der Waals surface area contributed by atoms with Crippen LogP contribution < -0.4 is 10.1 Å². The van der Waals surface area contributed by atoms with E-state index in [-0.39, 0.29) is 30.5 Å². The minimum Gasteiger partial charge on any atom is -0.496 e. The van der Waals surface area contributed by atoms with Crippen LogP contribution in [0.3, 0.4) is 0 Å². The fraction of sp³-hybridized carbons (Fsp3) is 0.143. The van der Waals surface area contributed by atoms with Gasteiger partial charge in [-0.2, -0.15) is 4.98 Å². The van der Waals surface area contributed by atoms with E-state index in [4.69, 9.17) is 27.9 Å². The number of para-hydroxylation sites is 1. The highest BCUT2D eigenvalue weighted by Crippen LogP contribution is 2.33. The van der Waals surface area contributed by atoms with E-state index in [1.165, 1.54) is 18.4 Å². The van der Waals surface area contributed by atoms with Crippen LogP contribution in [0.1, 0.15) is 23.2 Å². The minimum absolute atomic E-state index is 0.00326. The summed E-state index contributed by atoms with van der Waals surface area (Å²) in [6, 6.07) is 12.1. The van der Waals surface area contributed by atoms with E-state index in [9.17, 15) is 9.59 Å². The smallest absolute Gasteiger partial charge is 0.250 e. The molecule has 1 amide bonds. The average molecular weight is 475 g/mol. The fourth-order valence-electron chi connectivity index (χ4n) is 3.04. The van der Waals surface area contributed by atoms with Gasteiger partial charge in [0.25, 0.3) is 0 Å². The first kappa shape index (κ1) is 21.3. The summed E-state index contributed by atoms with van der Waals surface area (Å²) in [6.45, 7) is 0. The Morgan fingerprint density at radius 1 is 1.16 bits per heavy atom. The third-order valence-corrected chi connectivity index (χ3v) is 5.90. The number of ether oxygens (including phenoxy) is 1. The van der Waals surface area contributed by atoms with Crippen molar-refractivity contribution < 1.29 is 14.3 Å². The van der Waals surface area contributed by atoms with Crippen molar-refractivity contribution in [1.82, 2.24) is 14.6 Å². The molecule has 31 heavy (non-hydrogen) atoms. The average Bonchev–Trinajstić information content (AvgIpc) is 3.34. The van der Waals surface area contributed by atoms with Gasteiger partial charge >= 0.3 is 0 Å². The molecule has 0 aliphatic carbocycles. The molecule has 0 spiro atoms. The van der Waals surface area contributed by atoms with Crippen LogP contribution in [-0.4, -0.2) is 33.4 Å². The molecule has 0 bridgehead atoms. The summed E-state index contributed by atoms with van der Waals surface area (Å²) in [6.07, 6.45) is 0.0362. The van der Waals surface area contributed by atoms with Crippen LogP contribution in [0.5, 0.6) is 5.75 Å². The van der Waals surface area contributed by atoms with E-state index < -0.39 is 0 Å².